The van der Waals surface area contributed by atoms with Crippen LogP contribution in [0, 0.1) is 0 Å². The maximum absolute atomic E-state index is 4.44. The lowest BCUT2D eigenvalue weighted by molar-refractivity contribution is 0.210. The number of nitrogens with zero attached hydrogens (tertiary/aromatic N) is 3. The van der Waals surface area contributed by atoms with Gasteiger partial charge in [-0.2, -0.15) is 0 Å². The Morgan fingerprint density at radius 1 is 1.23 bits per heavy atom. The van der Waals surface area contributed by atoms with Crippen molar-refractivity contribution >= 4 is 38.7 Å². The summed E-state index contributed by atoms with van der Waals surface area (Å²) in [5.74, 6) is 0.981. The van der Waals surface area contributed by atoms with Crippen molar-refractivity contribution in [2.75, 3.05) is 18.4 Å². The van der Waals surface area contributed by atoms with Crippen molar-refractivity contribution in [1.29, 1.82) is 0 Å². The van der Waals surface area contributed by atoms with Gasteiger partial charge >= 0.3 is 0 Å². The molecule has 22 heavy (non-hydrogen) atoms. The highest BCUT2D eigenvalue weighted by molar-refractivity contribution is 7.16. The summed E-state index contributed by atoms with van der Waals surface area (Å²) in [4.78, 5) is 13.8. The summed E-state index contributed by atoms with van der Waals surface area (Å²) in [7, 11) is 0. The average molecular weight is 330 g/mol. The summed E-state index contributed by atoms with van der Waals surface area (Å²) in [5.41, 5.74) is 0. The lowest BCUT2D eigenvalue weighted by atomic mass is 10.1. The number of piperidine rings is 1. The molecule has 1 aliphatic rings. The first kappa shape index (κ1) is 14.1. The average Bonchev–Trinajstić information content (AvgIpc) is 3.19. The summed E-state index contributed by atoms with van der Waals surface area (Å²) < 4.78 is 0. The van der Waals surface area contributed by atoms with Crippen LogP contribution in [0.15, 0.2) is 35.3 Å². The highest BCUT2D eigenvalue weighted by Crippen LogP contribution is 2.26. The minimum atomic E-state index is 0.465. The molecule has 1 atom stereocenters. The van der Waals surface area contributed by atoms with E-state index in [0.29, 0.717) is 6.04 Å². The number of nitrogens with one attached hydrogen (secondary N) is 1. The van der Waals surface area contributed by atoms with Crippen LogP contribution in [-0.4, -0.2) is 34.0 Å². The van der Waals surface area contributed by atoms with Gasteiger partial charge in [-0.3, -0.25) is 4.90 Å². The van der Waals surface area contributed by atoms with Gasteiger partial charge in [-0.05, 0) is 42.3 Å². The van der Waals surface area contributed by atoms with E-state index in [-0.39, 0.29) is 0 Å². The second-order valence-corrected chi connectivity index (χ2v) is 7.59. The second-order valence-electron chi connectivity index (χ2n) is 5.66. The van der Waals surface area contributed by atoms with Crippen LogP contribution in [-0.2, 0) is 6.54 Å². The Morgan fingerprint density at radius 3 is 3.14 bits per heavy atom. The Labute approximate surface area is 137 Å². The van der Waals surface area contributed by atoms with E-state index in [0.717, 1.165) is 29.1 Å². The molecule has 1 unspecified atom stereocenters. The van der Waals surface area contributed by atoms with Crippen LogP contribution in [0.3, 0.4) is 0 Å². The predicted molar refractivity (Wildman–Crippen MR) is 93.7 cm³/mol. The second kappa shape index (κ2) is 6.32. The molecule has 0 aliphatic carbocycles. The molecular formula is C16H18N4S2. The summed E-state index contributed by atoms with van der Waals surface area (Å²) in [6.07, 6.45) is 4.10. The Morgan fingerprint density at radius 2 is 2.23 bits per heavy atom. The molecule has 4 nitrogen and oxygen atoms in total. The number of hydrogen-bond donors (Lipinski definition) is 1. The summed E-state index contributed by atoms with van der Waals surface area (Å²) in [5, 5.41) is 9.01. The normalized spacial score (nSPS) is 19.5. The fourth-order valence-electron chi connectivity index (χ4n) is 3.04. The summed E-state index contributed by atoms with van der Waals surface area (Å²) in [6.45, 7) is 3.33. The van der Waals surface area contributed by atoms with Gasteiger partial charge in [0.1, 0.15) is 17.0 Å². The van der Waals surface area contributed by atoms with E-state index in [1.54, 1.807) is 17.7 Å². The number of aromatic nitrogens is 2. The maximum atomic E-state index is 4.44. The molecule has 4 rings (SSSR count). The minimum Gasteiger partial charge on any atom is -0.365 e. The zero-order chi connectivity index (χ0) is 14.8. The molecular weight excluding hydrogens is 312 g/mol. The molecule has 3 aromatic rings. The van der Waals surface area contributed by atoms with Gasteiger partial charge in [0, 0.05) is 24.0 Å². The van der Waals surface area contributed by atoms with Crippen molar-refractivity contribution in [3.63, 3.8) is 0 Å². The molecule has 0 bridgehead atoms. The fraction of sp³-hybridized carbons (Fsp3) is 0.375. The number of thiophene rings is 2. The molecule has 6 heteroatoms. The van der Waals surface area contributed by atoms with Gasteiger partial charge in [-0.25, -0.2) is 9.97 Å². The van der Waals surface area contributed by atoms with Gasteiger partial charge in [-0.1, -0.05) is 6.07 Å². The molecule has 1 aliphatic heterocycles. The van der Waals surface area contributed by atoms with Gasteiger partial charge in [0.2, 0.25) is 0 Å². The van der Waals surface area contributed by atoms with E-state index in [4.69, 9.17) is 0 Å². The number of likely N-dealkylation sites (tertiary alicyclic amines) is 1. The van der Waals surface area contributed by atoms with E-state index in [1.165, 1.54) is 24.3 Å². The number of anilines is 1. The largest absolute Gasteiger partial charge is 0.365 e. The van der Waals surface area contributed by atoms with Crippen molar-refractivity contribution in [2.45, 2.75) is 25.4 Å². The van der Waals surface area contributed by atoms with Crippen LogP contribution >= 0.6 is 22.7 Å². The highest BCUT2D eigenvalue weighted by atomic mass is 32.1. The third-order valence-electron chi connectivity index (χ3n) is 4.07. The first-order valence-electron chi connectivity index (χ1n) is 7.58. The van der Waals surface area contributed by atoms with E-state index in [9.17, 15) is 0 Å². The molecule has 0 spiro atoms. The maximum Gasteiger partial charge on any atom is 0.138 e. The van der Waals surface area contributed by atoms with Crippen molar-refractivity contribution in [2.24, 2.45) is 0 Å². The predicted octanol–water partition coefficient (Wildman–Crippen LogP) is 3.83. The fourth-order valence-corrected chi connectivity index (χ4v) is 4.52. The standard InChI is InChI=1S/C16H18N4S2/c1-3-12(9-20(6-1)10-13-4-2-7-21-13)19-15-14-5-8-22-16(14)18-11-17-15/h2,4-5,7-8,11-12H,1,3,6,9-10H2,(H,17,18,19). The molecule has 1 saturated heterocycles. The smallest absolute Gasteiger partial charge is 0.138 e. The highest BCUT2D eigenvalue weighted by Gasteiger charge is 2.21. The monoisotopic (exact) mass is 330 g/mol. The first-order chi connectivity index (χ1) is 10.9. The van der Waals surface area contributed by atoms with Crippen molar-refractivity contribution in [1.82, 2.24) is 14.9 Å². The van der Waals surface area contributed by atoms with Gasteiger partial charge < -0.3 is 5.32 Å². The molecule has 3 aromatic heterocycles. The molecule has 4 heterocycles. The lowest BCUT2D eigenvalue weighted by Crippen LogP contribution is -2.41. The van der Waals surface area contributed by atoms with Crippen molar-refractivity contribution in [3.05, 3.63) is 40.2 Å². The number of fused-ring (bicyclic) bond motifs is 1. The van der Waals surface area contributed by atoms with Crippen LogP contribution in [0.1, 0.15) is 17.7 Å². The Balaban J connectivity index is 1.45. The topological polar surface area (TPSA) is 41.0 Å². The summed E-state index contributed by atoms with van der Waals surface area (Å²) >= 11 is 3.51. The molecule has 1 N–H and O–H groups in total. The van der Waals surface area contributed by atoms with Gasteiger partial charge in [-0.15, -0.1) is 22.7 Å². The quantitative estimate of drug-likeness (QED) is 0.789. The molecule has 1 fully saturated rings. The zero-order valence-corrected chi connectivity index (χ0v) is 13.9. The SMILES string of the molecule is c1csc(CN2CCCC(Nc3ncnc4sccc34)C2)c1. The van der Waals surface area contributed by atoms with Crippen molar-refractivity contribution < 1.29 is 0 Å². The third kappa shape index (κ3) is 2.99. The zero-order valence-electron chi connectivity index (χ0n) is 12.2. The number of hydrogen-bond acceptors (Lipinski definition) is 6. The van der Waals surface area contributed by atoms with E-state index in [1.807, 2.05) is 11.3 Å². The van der Waals surface area contributed by atoms with Crippen LogP contribution < -0.4 is 5.32 Å². The molecule has 0 aromatic carbocycles. The van der Waals surface area contributed by atoms with E-state index >= 15 is 0 Å². The molecule has 0 amide bonds. The third-order valence-corrected chi connectivity index (χ3v) is 5.75. The molecule has 0 radical (unpaired) electrons. The van der Waals surface area contributed by atoms with Gasteiger partial charge in [0.05, 0.1) is 5.39 Å². The van der Waals surface area contributed by atoms with Gasteiger partial charge in [0.15, 0.2) is 0 Å². The lowest BCUT2D eigenvalue weighted by Gasteiger charge is -2.33. The van der Waals surface area contributed by atoms with Crippen LogP contribution in [0.5, 0.6) is 0 Å². The van der Waals surface area contributed by atoms with Crippen molar-refractivity contribution in [3.8, 4) is 0 Å². The van der Waals surface area contributed by atoms with E-state index in [2.05, 4.69) is 49.1 Å². The van der Waals surface area contributed by atoms with Crippen LogP contribution in [0.25, 0.3) is 10.2 Å². The summed E-state index contributed by atoms with van der Waals surface area (Å²) in [6, 6.07) is 6.93. The number of rotatable bonds is 4. The molecule has 114 valence electrons. The molecule has 0 saturated carbocycles. The Bertz CT molecular complexity index is 738. The first-order valence-corrected chi connectivity index (χ1v) is 9.34. The van der Waals surface area contributed by atoms with Gasteiger partial charge in [0.25, 0.3) is 0 Å². The van der Waals surface area contributed by atoms with E-state index < -0.39 is 0 Å². The van der Waals surface area contributed by atoms with Crippen LogP contribution in [0.2, 0.25) is 0 Å². The van der Waals surface area contributed by atoms with Crippen LogP contribution in [0.4, 0.5) is 5.82 Å². The minimum absolute atomic E-state index is 0.465. The Kier molecular flexibility index (Phi) is 4.05. The Hall–Kier alpha value is -1.50.